The normalized spacial score (nSPS) is 27.2. The maximum Gasteiger partial charge on any atom is 0.192 e. The van der Waals surface area contributed by atoms with Crippen molar-refractivity contribution in [2.45, 2.75) is 90.5 Å². The summed E-state index contributed by atoms with van der Waals surface area (Å²) in [6.45, 7) is 18.2. The summed E-state index contributed by atoms with van der Waals surface area (Å²) < 4.78 is 18.9. The van der Waals surface area contributed by atoms with E-state index in [1.165, 1.54) is 0 Å². The second-order valence-corrected chi connectivity index (χ2v) is 13.8. The van der Waals surface area contributed by atoms with Gasteiger partial charge in [0, 0.05) is 0 Å². The molecular formula is C19H38O4Si. The molecule has 142 valence electrons. The van der Waals surface area contributed by atoms with E-state index < -0.39 is 14.1 Å². The third kappa shape index (κ3) is 6.60. The molecule has 3 atom stereocenters. The molecule has 24 heavy (non-hydrogen) atoms. The first-order valence-corrected chi connectivity index (χ1v) is 12.0. The maximum atomic E-state index is 9.05. The van der Waals surface area contributed by atoms with Crippen LogP contribution in [0.4, 0.5) is 0 Å². The minimum Gasteiger partial charge on any atom is -0.411 e. The summed E-state index contributed by atoms with van der Waals surface area (Å²) in [4.78, 5) is 0. The summed E-state index contributed by atoms with van der Waals surface area (Å²) >= 11 is 0. The second-order valence-electron chi connectivity index (χ2n) is 9.01. The van der Waals surface area contributed by atoms with Gasteiger partial charge in [-0.1, -0.05) is 39.8 Å². The fourth-order valence-corrected chi connectivity index (χ4v) is 3.98. The molecule has 1 saturated heterocycles. The number of ether oxygens (including phenoxy) is 2. The Morgan fingerprint density at radius 1 is 1.29 bits per heavy atom. The molecule has 0 spiro atoms. The van der Waals surface area contributed by atoms with Crippen LogP contribution >= 0.6 is 0 Å². The first-order valence-electron chi connectivity index (χ1n) is 9.13. The molecule has 0 amide bonds. The molecule has 1 N–H and O–H groups in total. The van der Waals surface area contributed by atoms with Crippen molar-refractivity contribution in [3.8, 4) is 0 Å². The van der Waals surface area contributed by atoms with Crippen LogP contribution in [0, 0.1) is 5.92 Å². The van der Waals surface area contributed by atoms with E-state index in [0.29, 0.717) is 12.5 Å². The highest BCUT2D eigenvalue weighted by atomic mass is 28.4. The van der Waals surface area contributed by atoms with E-state index in [4.69, 9.17) is 19.0 Å². The van der Waals surface area contributed by atoms with Gasteiger partial charge in [-0.05, 0) is 50.7 Å². The molecule has 0 aromatic carbocycles. The van der Waals surface area contributed by atoms with Crippen LogP contribution in [0.3, 0.4) is 0 Å². The molecule has 0 radical (unpaired) electrons. The van der Waals surface area contributed by atoms with Crippen LogP contribution in [0.15, 0.2) is 12.2 Å². The highest BCUT2D eigenvalue weighted by molar-refractivity contribution is 6.74. The van der Waals surface area contributed by atoms with E-state index in [0.717, 1.165) is 12.8 Å². The largest absolute Gasteiger partial charge is 0.411 e. The van der Waals surface area contributed by atoms with Crippen molar-refractivity contribution in [2.24, 2.45) is 5.92 Å². The fourth-order valence-electron chi connectivity index (χ4n) is 2.62. The third-order valence-corrected chi connectivity index (χ3v) is 9.60. The van der Waals surface area contributed by atoms with Crippen molar-refractivity contribution in [2.75, 3.05) is 13.2 Å². The molecule has 4 nitrogen and oxygen atoms in total. The van der Waals surface area contributed by atoms with Gasteiger partial charge in [0.05, 0.1) is 25.4 Å². The SMILES string of the molecule is C[C@H]1COC(C)(C)O[C@H]([C@H](C/C=C/CO)O[Si](C)(C)C(C)(C)C)C1. The number of hydrogen-bond donors (Lipinski definition) is 1. The van der Waals surface area contributed by atoms with E-state index >= 15 is 0 Å². The first kappa shape index (κ1) is 21.8. The molecule has 1 rings (SSSR count). The highest BCUT2D eigenvalue weighted by Crippen LogP contribution is 2.39. The molecular weight excluding hydrogens is 320 g/mol. The summed E-state index contributed by atoms with van der Waals surface area (Å²) in [6.07, 6.45) is 5.44. The lowest BCUT2D eigenvalue weighted by atomic mass is 9.99. The predicted octanol–water partition coefficient (Wildman–Crippen LogP) is 4.49. The van der Waals surface area contributed by atoms with E-state index in [1.807, 2.05) is 19.9 Å². The van der Waals surface area contributed by atoms with Crippen LogP contribution < -0.4 is 0 Å². The van der Waals surface area contributed by atoms with Crippen molar-refractivity contribution in [1.82, 2.24) is 0 Å². The standard InChI is InChI=1S/C19H38O4Si/c1-15-13-17(22-19(5,6)21-14-15)16(11-9-10-12-20)23-24(7,8)18(2,3)4/h9-10,15-17,20H,11-14H2,1-8H3/b10-9+/t15-,16+,17+/m1/s1. The monoisotopic (exact) mass is 358 g/mol. The minimum absolute atomic E-state index is 0.00466. The topological polar surface area (TPSA) is 47.9 Å². The summed E-state index contributed by atoms with van der Waals surface area (Å²) in [5, 5.41) is 9.20. The van der Waals surface area contributed by atoms with Crippen molar-refractivity contribution >= 4 is 8.32 Å². The zero-order valence-corrected chi connectivity index (χ0v) is 17.9. The molecule has 0 saturated carbocycles. The van der Waals surface area contributed by atoms with Gasteiger partial charge in [0.25, 0.3) is 0 Å². The van der Waals surface area contributed by atoms with Crippen LogP contribution in [-0.4, -0.2) is 44.6 Å². The Kier molecular flexibility index (Phi) is 7.69. The molecule has 0 bridgehead atoms. The van der Waals surface area contributed by atoms with E-state index in [1.54, 1.807) is 6.08 Å². The predicted molar refractivity (Wildman–Crippen MR) is 102 cm³/mol. The Morgan fingerprint density at radius 2 is 1.92 bits per heavy atom. The average Bonchev–Trinajstić information content (AvgIpc) is 2.55. The Morgan fingerprint density at radius 3 is 2.46 bits per heavy atom. The Balaban J connectivity index is 3.00. The molecule has 0 unspecified atom stereocenters. The van der Waals surface area contributed by atoms with Gasteiger partial charge in [0.1, 0.15) is 0 Å². The van der Waals surface area contributed by atoms with Crippen molar-refractivity contribution in [1.29, 1.82) is 0 Å². The van der Waals surface area contributed by atoms with Gasteiger partial charge in [-0.25, -0.2) is 0 Å². The van der Waals surface area contributed by atoms with Crippen molar-refractivity contribution in [3.05, 3.63) is 12.2 Å². The highest BCUT2D eigenvalue weighted by Gasteiger charge is 2.42. The van der Waals surface area contributed by atoms with Crippen LogP contribution in [0.2, 0.25) is 18.1 Å². The van der Waals surface area contributed by atoms with Gasteiger partial charge in [-0.15, -0.1) is 0 Å². The molecule has 1 fully saturated rings. The molecule has 0 aromatic heterocycles. The summed E-state index contributed by atoms with van der Waals surface area (Å²) in [6, 6.07) is 0. The molecule has 1 aliphatic heterocycles. The molecule has 5 heteroatoms. The lowest BCUT2D eigenvalue weighted by Crippen LogP contribution is -2.48. The lowest BCUT2D eigenvalue weighted by molar-refractivity contribution is -0.236. The molecule has 1 aliphatic rings. The minimum atomic E-state index is -1.91. The fraction of sp³-hybridized carbons (Fsp3) is 0.895. The Hall–Kier alpha value is -0.203. The maximum absolute atomic E-state index is 9.05. The van der Waals surface area contributed by atoms with E-state index in [-0.39, 0.29) is 23.9 Å². The number of aliphatic hydroxyl groups is 1. The number of hydrogen-bond acceptors (Lipinski definition) is 4. The number of aliphatic hydroxyl groups excluding tert-OH is 1. The number of rotatable bonds is 6. The Labute approximate surface area is 149 Å². The van der Waals surface area contributed by atoms with Crippen LogP contribution in [-0.2, 0) is 13.9 Å². The second kappa shape index (κ2) is 8.45. The smallest absolute Gasteiger partial charge is 0.192 e. The zero-order chi connectivity index (χ0) is 18.6. The summed E-state index contributed by atoms with van der Waals surface area (Å²) in [5.41, 5.74) is 0. The Bertz CT molecular complexity index is 412. The summed E-state index contributed by atoms with van der Waals surface area (Å²) in [7, 11) is -1.91. The van der Waals surface area contributed by atoms with Crippen LogP contribution in [0.25, 0.3) is 0 Å². The van der Waals surface area contributed by atoms with E-state index in [9.17, 15) is 0 Å². The molecule has 1 heterocycles. The van der Waals surface area contributed by atoms with Gasteiger partial charge in [-0.3, -0.25) is 0 Å². The quantitative estimate of drug-likeness (QED) is 0.561. The first-order chi connectivity index (χ1) is 10.9. The van der Waals surface area contributed by atoms with Crippen molar-refractivity contribution < 1.29 is 19.0 Å². The van der Waals surface area contributed by atoms with E-state index in [2.05, 4.69) is 40.8 Å². The molecule has 0 aliphatic carbocycles. The van der Waals surface area contributed by atoms with Crippen LogP contribution in [0.5, 0.6) is 0 Å². The van der Waals surface area contributed by atoms with Gasteiger partial charge >= 0.3 is 0 Å². The zero-order valence-electron chi connectivity index (χ0n) is 16.9. The van der Waals surface area contributed by atoms with Gasteiger partial charge in [0.2, 0.25) is 0 Å². The summed E-state index contributed by atoms with van der Waals surface area (Å²) in [5.74, 6) is -0.158. The third-order valence-electron chi connectivity index (χ3n) is 5.09. The van der Waals surface area contributed by atoms with Gasteiger partial charge in [-0.2, -0.15) is 0 Å². The van der Waals surface area contributed by atoms with Crippen LogP contribution in [0.1, 0.15) is 54.4 Å². The van der Waals surface area contributed by atoms with Gasteiger partial charge < -0.3 is 19.0 Å². The molecule has 0 aromatic rings. The average molecular weight is 359 g/mol. The van der Waals surface area contributed by atoms with Crippen molar-refractivity contribution in [3.63, 3.8) is 0 Å². The lowest BCUT2D eigenvalue weighted by Gasteiger charge is -2.42. The van der Waals surface area contributed by atoms with Gasteiger partial charge in [0.15, 0.2) is 14.1 Å².